The summed E-state index contributed by atoms with van der Waals surface area (Å²) in [5.74, 6) is 1.07. The highest BCUT2D eigenvalue weighted by atomic mass is 16.6. The molecule has 1 unspecified atom stereocenters. The predicted octanol–water partition coefficient (Wildman–Crippen LogP) is 2.40. The molecule has 1 fully saturated rings. The first-order valence-corrected chi connectivity index (χ1v) is 7.49. The van der Waals surface area contributed by atoms with E-state index in [0.29, 0.717) is 6.04 Å². The van der Waals surface area contributed by atoms with Crippen LogP contribution < -0.4 is 15.7 Å². The van der Waals surface area contributed by atoms with Crippen LogP contribution in [0.1, 0.15) is 13.3 Å². The van der Waals surface area contributed by atoms with Crippen LogP contribution in [0.15, 0.2) is 30.3 Å². The molecular formula is C16H22N4O. The molecule has 1 atom stereocenters. The number of rotatable bonds is 4. The van der Waals surface area contributed by atoms with Crippen LogP contribution in [0.2, 0.25) is 0 Å². The van der Waals surface area contributed by atoms with Gasteiger partial charge in [0.15, 0.2) is 0 Å². The molecule has 5 heteroatoms. The zero-order valence-corrected chi connectivity index (χ0v) is 12.6. The Morgan fingerprint density at radius 1 is 1.38 bits per heavy atom. The fourth-order valence-corrected chi connectivity index (χ4v) is 2.88. The van der Waals surface area contributed by atoms with E-state index in [1.807, 2.05) is 18.2 Å². The van der Waals surface area contributed by atoms with Crippen molar-refractivity contribution in [1.29, 1.82) is 0 Å². The van der Waals surface area contributed by atoms with E-state index >= 15 is 0 Å². The zero-order chi connectivity index (χ0) is 14.7. The molecule has 1 aromatic heterocycles. The van der Waals surface area contributed by atoms with Crippen molar-refractivity contribution in [2.75, 3.05) is 37.1 Å². The van der Waals surface area contributed by atoms with Crippen LogP contribution in [0.4, 0.5) is 11.5 Å². The standard InChI is InChI=1S/C16H22N4O/c1-3-14-11-17-8-9-20(14)16-7-4-12-10-13(19-21-2)5-6-15(12)18-16/h4-7,10,14,17,19H,3,8-9,11H2,1-2H3. The smallest absolute Gasteiger partial charge is 0.129 e. The van der Waals surface area contributed by atoms with Gasteiger partial charge in [0.05, 0.1) is 18.3 Å². The van der Waals surface area contributed by atoms with Crippen LogP contribution in [-0.2, 0) is 4.84 Å². The average Bonchev–Trinajstić information content (AvgIpc) is 2.54. The van der Waals surface area contributed by atoms with Gasteiger partial charge in [-0.05, 0) is 36.8 Å². The Hall–Kier alpha value is -1.85. The molecule has 1 aliphatic rings. The Kier molecular flexibility index (Phi) is 4.22. The van der Waals surface area contributed by atoms with Crippen molar-refractivity contribution in [2.24, 2.45) is 0 Å². The van der Waals surface area contributed by atoms with E-state index < -0.39 is 0 Å². The maximum atomic E-state index is 4.94. The molecule has 0 radical (unpaired) electrons. The van der Waals surface area contributed by atoms with Crippen LogP contribution in [0.3, 0.4) is 0 Å². The van der Waals surface area contributed by atoms with Crippen molar-refractivity contribution in [2.45, 2.75) is 19.4 Å². The van der Waals surface area contributed by atoms with Crippen molar-refractivity contribution in [3.05, 3.63) is 30.3 Å². The maximum absolute atomic E-state index is 4.94. The third-order valence-corrected chi connectivity index (χ3v) is 4.01. The highest BCUT2D eigenvalue weighted by molar-refractivity contribution is 5.83. The van der Waals surface area contributed by atoms with Gasteiger partial charge in [0.2, 0.25) is 0 Å². The number of anilines is 2. The van der Waals surface area contributed by atoms with Crippen LogP contribution in [-0.4, -0.2) is 37.8 Å². The molecule has 112 valence electrons. The second-order valence-corrected chi connectivity index (χ2v) is 5.34. The topological polar surface area (TPSA) is 49.4 Å². The van der Waals surface area contributed by atoms with Crippen LogP contribution in [0.5, 0.6) is 0 Å². The molecule has 2 heterocycles. The Labute approximate surface area is 125 Å². The van der Waals surface area contributed by atoms with E-state index in [0.717, 1.165) is 48.5 Å². The van der Waals surface area contributed by atoms with E-state index in [4.69, 9.17) is 9.82 Å². The lowest BCUT2D eigenvalue weighted by atomic mass is 10.1. The third kappa shape index (κ3) is 2.94. The normalized spacial score (nSPS) is 19.0. The summed E-state index contributed by atoms with van der Waals surface area (Å²) in [5.41, 5.74) is 4.80. The second-order valence-electron chi connectivity index (χ2n) is 5.34. The summed E-state index contributed by atoms with van der Waals surface area (Å²) < 4.78 is 0. The minimum absolute atomic E-state index is 0.526. The maximum Gasteiger partial charge on any atom is 0.129 e. The summed E-state index contributed by atoms with van der Waals surface area (Å²) in [6, 6.07) is 10.8. The minimum atomic E-state index is 0.526. The number of piperazine rings is 1. The second kappa shape index (κ2) is 6.28. The monoisotopic (exact) mass is 286 g/mol. The summed E-state index contributed by atoms with van der Waals surface area (Å²) in [4.78, 5) is 12.2. The van der Waals surface area contributed by atoms with Crippen molar-refractivity contribution in [1.82, 2.24) is 10.3 Å². The highest BCUT2D eigenvalue weighted by Gasteiger charge is 2.21. The molecule has 2 N–H and O–H groups in total. The van der Waals surface area contributed by atoms with E-state index in [-0.39, 0.29) is 0 Å². The number of benzene rings is 1. The molecule has 0 spiro atoms. The summed E-state index contributed by atoms with van der Waals surface area (Å²) in [6.45, 7) is 5.30. The Bertz CT molecular complexity index is 616. The van der Waals surface area contributed by atoms with Gasteiger partial charge in [0.1, 0.15) is 5.82 Å². The number of fused-ring (bicyclic) bond motifs is 1. The molecule has 1 aromatic carbocycles. The highest BCUT2D eigenvalue weighted by Crippen LogP contribution is 2.23. The van der Waals surface area contributed by atoms with Crippen LogP contribution in [0, 0.1) is 0 Å². The van der Waals surface area contributed by atoms with Gasteiger partial charge in [-0.1, -0.05) is 6.92 Å². The van der Waals surface area contributed by atoms with E-state index in [1.54, 1.807) is 7.11 Å². The Morgan fingerprint density at radius 3 is 3.10 bits per heavy atom. The van der Waals surface area contributed by atoms with Crippen molar-refractivity contribution in [3.63, 3.8) is 0 Å². The molecule has 21 heavy (non-hydrogen) atoms. The Balaban J connectivity index is 1.91. The van der Waals surface area contributed by atoms with Crippen LogP contribution >= 0.6 is 0 Å². The van der Waals surface area contributed by atoms with Gasteiger partial charge in [0, 0.05) is 31.1 Å². The number of hydrogen-bond donors (Lipinski definition) is 2. The van der Waals surface area contributed by atoms with Crippen molar-refractivity contribution < 1.29 is 4.84 Å². The van der Waals surface area contributed by atoms with Gasteiger partial charge in [0.25, 0.3) is 0 Å². The van der Waals surface area contributed by atoms with Gasteiger partial charge < -0.3 is 10.2 Å². The number of pyridine rings is 1. The SMILES string of the molecule is CCC1CNCCN1c1ccc2cc(NOC)ccc2n1. The van der Waals surface area contributed by atoms with Gasteiger partial charge >= 0.3 is 0 Å². The molecule has 3 rings (SSSR count). The van der Waals surface area contributed by atoms with Gasteiger partial charge in [-0.3, -0.25) is 10.3 Å². The lowest BCUT2D eigenvalue weighted by molar-refractivity contribution is 0.271. The lowest BCUT2D eigenvalue weighted by Crippen LogP contribution is -2.51. The van der Waals surface area contributed by atoms with E-state index in [2.05, 4.69) is 34.8 Å². The lowest BCUT2D eigenvalue weighted by Gasteiger charge is -2.36. The molecule has 5 nitrogen and oxygen atoms in total. The fraction of sp³-hybridized carbons (Fsp3) is 0.438. The quantitative estimate of drug-likeness (QED) is 0.845. The average molecular weight is 286 g/mol. The molecule has 1 aliphatic heterocycles. The summed E-state index contributed by atoms with van der Waals surface area (Å²) in [5, 5.41) is 4.57. The van der Waals surface area contributed by atoms with E-state index in [1.165, 1.54) is 0 Å². The number of aromatic nitrogens is 1. The summed E-state index contributed by atoms with van der Waals surface area (Å²) in [6.07, 6.45) is 1.13. The summed E-state index contributed by atoms with van der Waals surface area (Å²) >= 11 is 0. The number of nitrogens with zero attached hydrogens (tertiary/aromatic N) is 2. The molecular weight excluding hydrogens is 264 g/mol. The molecule has 1 saturated heterocycles. The van der Waals surface area contributed by atoms with Crippen molar-refractivity contribution in [3.8, 4) is 0 Å². The molecule has 0 amide bonds. The first kappa shape index (κ1) is 14.1. The third-order valence-electron chi connectivity index (χ3n) is 4.01. The predicted molar refractivity (Wildman–Crippen MR) is 86.7 cm³/mol. The number of nitrogens with one attached hydrogen (secondary N) is 2. The van der Waals surface area contributed by atoms with Gasteiger partial charge in [-0.2, -0.15) is 0 Å². The Morgan fingerprint density at radius 2 is 2.29 bits per heavy atom. The van der Waals surface area contributed by atoms with E-state index in [9.17, 15) is 0 Å². The van der Waals surface area contributed by atoms with Crippen molar-refractivity contribution >= 4 is 22.4 Å². The van der Waals surface area contributed by atoms with Crippen LogP contribution in [0.25, 0.3) is 10.9 Å². The first-order chi connectivity index (χ1) is 10.3. The molecule has 0 saturated carbocycles. The van der Waals surface area contributed by atoms with Gasteiger partial charge in [-0.15, -0.1) is 0 Å². The zero-order valence-electron chi connectivity index (χ0n) is 12.6. The molecule has 0 bridgehead atoms. The first-order valence-electron chi connectivity index (χ1n) is 7.49. The number of hydrogen-bond acceptors (Lipinski definition) is 5. The fourth-order valence-electron chi connectivity index (χ4n) is 2.88. The summed E-state index contributed by atoms with van der Waals surface area (Å²) in [7, 11) is 1.61. The van der Waals surface area contributed by atoms with Gasteiger partial charge in [-0.25, -0.2) is 4.98 Å². The molecule has 0 aliphatic carbocycles. The largest absolute Gasteiger partial charge is 0.351 e. The minimum Gasteiger partial charge on any atom is -0.351 e. The molecule has 2 aromatic rings.